The van der Waals surface area contributed by atoms with Gasteiger partial charge in [0.05, 0.1) is 0 Å². The van der Waals surface area contributed by atoms with E-state index in [0.29, 0.717) is 0 Å². The van der Waals surface area contributed by atoms with E-state index in [2.05, 4.69) is 0 Å². The van der Waals surface area contributed by atoms with E-state index in [1.165, 1.54) is 0 Å². The molecule has 4 heavy (non-hydrogen) atoms. The summed E-state index contributed by atoms with van der Waals surface area (Å²) >= 11 is 0. The maximum Gasteiger partial charge on any atom is 0 e. The summed E-state index contributed by atoms with van der Waals surface area (Å²) in [6.45, 7) is 0. The Morgan fingerprint density at radius 1 is 1.00 bits per heavy atom. The monoisotopic (exact) mass is 427 g/mol. The van der Waals surface area contributed by atoms with Crippen molar-refractivity contribution in [1.29, 1.82) is 0 Å². The van der Waals surface area contributed by atoms with Crippen LogP contribution in [0.15, 0.2) is 0 Å². The zero-order chi connectivity index (χ0) is 0. The van der Waals surface area contributed by atoms with E-state index in [-0.39, 0.29) is 80.5 Å². The first-order chi connectivity index (χ1) is 0. The fourth-order valence-corrected chi connectivity index (χ4v) is 0. The number of hydrogen-bond acceptors (Lipinski definition) is 0. The summed E-state index contributed by atoms with van der Waals surface area (Å²) in [6, 6.07) is 0. The van der Waals surface area contributed by atoms with Crippen molar-refractivity contribution in [3.63, 3.8) is 0 Å². The molecule has 0 fully saturated rings. The molecule has 0 saturated carbocycles. The Balaban J connectivity index is 0. The van der Waals surface area contributed by atoms with Crippen LogP contribution in [0.3, 0.4) is 0 Å². The Kier molecular flexibility index (Phi) is 136. The third kappa shape index (κ3) is 8.82. The maximum atomic E-state index is 0. The molecule has 0 aliphatic rings. The first-order valence-corrected chi connectivity index (χ1v) is 0. The molecule has 0 aromatic rings. The Morgan fingerprint density at radius 3 is 1.00 bits per heavy atom. The van der Waals surface area contributed by atoms with Gasteiger partial charge in [0.1, 0.15) is 0 Å². The smallest absolute Gasteiger partial charge is 0 e. The molecule has 4 heteroatoms. The van der Waals surface area contributed by atoms with Crippen LogP contribution in [-0.2, 0) is 54.3 Å². The fourth-order valence-electron chi connectivity index (χ4n) is 0. The molecule has 0 N–H and O–H groups in total. The summed E-state index contributed by atoms with van der Waals surface area (Å²) in [7, 11) is 0. The van der Waals surface area contributed by atoms with Crippen LogP contribution in [0.2, 0.25) is 0 Å². The molecule has 0 atom stereocenters. The summed E-state index contributed by atoms with van der Waals surface area (Å²) in [5.41, 5.74) is 0. The van der Waals surface area contributed by atoms with E-state index in [9.17, 15) is 0 Å². The van der Waals surface area contributed by atoms with Crippen molar-refractivity contribution in [3.8, 4) is 0 Å². The summed E-state index contributed by atoms with van der Waals surface area (Å²) < 4.78 is 0. The minimum Gasteiger partial charge on any atom is 0 e. The van der Waals surface area contributed by atoms with Gasteiger partial charge < -0.3 is 0 Å². The van der Waals surface area contributed by atoms with Gasteiger partial charge in [0.25, 0.3) is 0 Å². The predicted molar refractivity (Wildman–Crippen MR) is 9.94 cm³/mol. The zero-order valence-electron chi connectivity index (χ0n) is 1.76. The van der Waals surface area contributed by atoms with Gasteiger partial charge in [0.2, 0.25) is 0 Å². The van der Waals surface area contributed by atoms with E-state index in [1.54, 1.807) is 0 Å². The van der Waals surface area contributed by atoms with Gasteiger partial charge in [-0.1, -0.05) is 0 Å². The zero-order valence-corrected chi connectivity index (χ0v) is 11.3. The minimum absolute atomic E-state index is 0. The molecular formula is H3BiCoMoNi. The second-order valence-electron chi connectivity index (χ2n) is 0. The molecule has 0 nitrogen and oxygen atoms in total. The van der Waals surface area contributed by atoms with Crippen LogP contribution in [0.25, 0.3) is 0 Å². The Labute approximate surface area is 79.4 Å². The van der Waals surface area contributed by atoms with Gasteiger partial charge >= 0.3 is 26.2 Å². The van der Waals surface area contributed by atoms with Crippen LogP contribution in [0.5, 0.6) is 0 Å². The molecule has 0 spiro atoms. The van der Waals surface area contributed by atoms with Crippen LogP contribution < -0.4 is 0 Å². The molecule has 33 valence electrons. The molecule has 0 aromatic heterocycles. The van der Waals surface area contributed by atoms with Crippen molar-refractivity contribution in [2.75, 3.05) is 0 Å². The Morgan fingerprint density at radius 2 is 1.00 bits per heavy atom. The van der Waals surface area contributed by atoms with E-state index in [1.807, 2.05) is 0 Å². The number of hydrogen-bond donors (Lipinski definition) is 0. The molecule has 0 rings (SSSR count). The van der Waals surface area contributed by atoms with Crippen molar-refractivity contribution >= 4 is 26.2 Å². The topological polar surface area (TPSA) is 0 Å². The summed E-state index contributed by atoms with van der Waals surface area (Å²) in [4.78, 5) is 0. The van der Waals surface area contributed by atoms with Crippen molar-refractivity contribution in [1.82, 2.24) is 0 Å². The van der Waals surface area contributed by atoms with Crippen LogP contribution in [-0.4, -0.2) is 26.2 Å². The van der Waals surface area contributed by atoms with Crippen LogP contribution in [0, 0.1) is 0 Å². The van der Waals surface area contributed by atoms with E-state index < -0.39 is 0 Å². The van der Waals surface area contributed by atoms with Crippen LogP contribution in [0.4, 0.5) is 0 Å². The average molecular weight is 426 g/mol. The summed E-state index contributed by atoms with van der Waals surface area (Å²) in [6.07, 6.45) is 0. The van der Waals surface area contributed by atoms with Gasteiger partial charge in [-0.15, -0.1) is 0 Å². The number of rotatable bonds is 0. The van der Waals surface area contributed by atoms with Crippen molar-refractivity contribution in [3.05, 3.63) is 0 Å². The van der Waals surface area contributed by atoms with Gasteiger partial charge in [-0.2, -0.15) is 0 Å². The van der Waals surface area contributed by atoms with Crippen LogP contribution in [0.1, 0.15) is 0 Å². The SMILES string of the molecule is [BiH3].[Co].[Mo].[Ni]. The average Bonchev–Trinajstić information content (AvgIpc) is 0. The Hall–Kier alpha value is 2.57. The third-order valence-corrected chi connectivity index (χ3v) is 0. The van der Waals surface area contributed by atoms with Gasteiger partial charge in [-0.05, 0) is 0 Å². The van der Waals surface area contributed by atoms with Crippen molar-refractivity contribution in [2.45, 2.75) is 0 Å². The van der Waals surface area contributed by atoms with Crippen molar-refractivity contribution in [2.24, 2.45) is 0 Å². The van der Waals surface area contributed by atoms with E-state index >= 15 is 0 Å². The van der Waals surface area contributed by atoms with Gasteiger partial charge in [0.15, 0.2) is 0 Å². The molecular weight excluding hydrogens is 423 g/mol. The largest absolute Gasteiger partial charge is 0 e. The molecule has 0 amide bonds. The molecule has 0 aliphatic heterocycles. The first-order valence-electron chi connectivity index (χ1n) is 0. The Bertz CT molecular complexity index is 8.00. The quantitative estimate of drug-likeness (QED) is 0.428. The van der Waals surface area contributed by atoms with Gasteiger partial charge in [-0.3, -0.25) is 0 Å². The standard InChI is InChI=1S/Bi.Co.Mo.Ni.3H. The van der Waals surface area contributed by atoms with Gasteiger partial charge in [0, 0.05) is 54.3 Å². The maximum absolute atomic E-state index is 0. The second-order valence-corrected chi connectivity index (χ2v) is 0. The molecule has 0 aromatic carbocycles. The molecule has 0 heterocycles. The molecule has 1 radical (unpaired) electrons. The normalized spacial score (nSPS) is 0. The third-order valence-electron chi connectivity index (χ3n) is 0. The molecule has 0 unspecified atom stereocenters. The summed E-state index contributed by atoms with van der Waals surface area (Å²) in [5, 5.41) is 0. The van der Waals surface area contributed by atoms with Gasteiger partial charge in [-0.25, -0.2) is 0 Å². The molecule has 0 saturated heterocycles. The second kappa shape index (κ2) is 17.6. The van der Waals surface area contributed by atoms with Crippen molar-refractivity contribution < 1.29 is 54.3 Å². The fraction of sp³-hybridized carbons (Fsp3) is 0. The van der Waals surface area contributed by atoms with Crippen LogP contribution >= 0.6 is 0 Å². The molecule has 0 aliphatic carbocycles. The molecule has 0 bridgehead atoms. The summed E-state index contributed by atoms with van der Waals surface area (Å²) in [5.74, 6) is 0. The minimum atomic E-state index is 0. The van der Waals surface area contributed by atoms with E-state index in [0.717, 1.165) is 0 Å². The first kappa shape index (κ1) is 30.8. The predicted octanol–water partition coefficient (Wildman–Crippen LogP) is -1.19. The van der Waals surface area contributed by atoms with E-state index in [4.69, 9.17) is 0 Å².